The molecule has 0 spiro atoms. The zero-order valence-electron chi connectivity index (χ0n) is 12.5. The first-order valence-electron chi connectivity index (χ1n) is 7.35. The van der Waals surface area contributed by atoms with E-state index in [-0.39, 0.29) is 12.2 Å². The van der Waals surface area contributed by atoms with Crippen LogP contribution in [0.25, 0.3) is 0 Å². The van der Waals surface area contributed by atoms with E-state index in [0.29, 0.717) is 13.2 Å². The Hall–Kier alpha value is -1.20. The van der Waals surface area contributed by atoms with E-state index < -0.39 is 0 Å². The predicted molar refractivity (Wildman–Crippen MR) is 93.5 cm³/mol. The SMILES string of the molecule is C=C1CO[C@@H](c2cccs2)CC(=C)CO[C@H](c2cccs2)C1. The lowest BCUT2D eigenvalue weighted by atomic mass is 10.1. The average molecular weight is 332 g/mol. The minimum atomic E-state index is 0.0612. The van der Waals surface area contributed by atoms with Gasteiger partial charge in [-0.25, -0.2) is 0 Å². The van der Waals surface area contributed by atoms with Gasteiger partial charge in [0.05, 0.1) is 25.4 Å². The third-order valence-corrected chi connectivity index (χ3v) is 5.58. The van der Waals surface area contributed by atoms with E-state index in [1.807, 2.05) is 0 Å². The number of ether oxygens (including phenoxy) is 2. The molecule has 3 rings (SSSR count). The fourth-order valence-electron chi connectivity index (χ4n) is 2.51. The highest BCUT2D eigenvalue weighted by Gasteiger charge is 2.21. The monoisotopic (exact) mass is 332 g/mol. The highest BCUT2D eigenvalue weighted by Crippen LogP contribution is 2.34. The van der Waals surface area contributed by atoms with E-state index in [1.165, 1.54) is 9.75 Å². The van der Waals surface area contributed by atoms with Crippen molar-refractivity contribution in [1.29, 1.82) is 0 Å². The Morgan fingerprint density at radius 2 is 1.27 bits per heavy atom. The Kier molecular flexibility index (Phi) is 5.26. The Labute approximate surface area is 139 Å². The molecule has 116 valence electrons. The van der Waals surface area contributed by atoms with Crippen LogP contribution in [0.15, 0.2) is 59.3 Å². The van der Waals surface area contributed by atoms with Crippen LogP contribution in [0.2, 0.25) is 0 Å². The fourth-order valence-corrected chi connectivity index (χ4v) is 4.06. The molecule has 1 fully saturated rings. The molecule has 3 heterocycles. The van der Waals surface area contributed by atoms with Gasteiger partial charge >= 0.3 is 0 Å². The van der Waals surface area contributed by atoms with Gasteiger partial charge in [0, 0.05) is 22.6 Å². The smallest absolute Gasteiger partial charge is 0.0958 e. The zero-order chi connectivity index (χ0) is 15.4. The summed E-state index contributed by atoms with van der Waals surface area (Å²) in [4.78, 5) is 2.48. The Bertz CT molecular complexity index is 557. The van der Waals surface area contributed by atoms with Gasteiger partial charge in [-0.2, -0.15) is 0 Å². The van der Waals surface area contributed by atoms with Crippen LogP contribution >= 0.6 is 22.7 Å². The van der Waals surface area contributed by atoms with Gasteiger partial charge in [-0.1, -0.05) is 25.3 Å². The molecule has 0 unspecified atom stereocenters. The average Bonchev–Trinajstić information content (AvgIpc) is 3.20. The fraction of sp³-hybridized carbons (Fsp3) is 0.333. The molecular weight excluding hydrogens is 312 g/mol. The summed E-state index contributed by atoms with van der Waals surface area (Å²) in [6, 6.07) is 8.35. The summed E-state index contributed by atoms with van der Waals surface area (Å²) < 4.78 is 12.2. The molecule has 0 amide bonds. The van der Waals surface area contributed by atoms with Gasteiger partial charge in [0.15, 0.2) is 0 Å². The van der Waals surface area contributed by atoms with Crippen LogP contribution < -0.4 is 0 Å². The minimum Gasteiger partial charge on any atom is -0.368 e. The molecule has 0 radical (unpaired) electrons. The topological polar surface area (TPSA) is 18.5 Å². The van der Waals surface area contributed by atoms with Crippen LogP contribution in [-0.4, -0.2) is 13.2 Å². The van der Waals surface area contributed by atoms with Gasteiger partial charge in [-0.3, -0.25) is 0 Å². The molecule has 2 aromatic heterocycles. The van der Waals surface area contributed by atoms with E-state index in [0.717, 1.165) is 24.0 Å². The lowest BCUT2D eigenvalue weighted by Crippen LogP contribution is -2.15. The minimum absolute atomic E-state index is 0.0612. The highest BCUT2D eigenvalue weighted by atomic mass is 32.1. The number of hydrogen-bond donors (Lipinski definition) is 0. The summed E-state index contributed by atoms with van der Waals surface area (Å²) in [6.07, 6.45) is 1.72. The third kappa shape index (κ3) is 3.96. The molecule has 0 N–H and O–H groups in total. The molecule has 2 nitrogen and oxygen atoms in total. The highest BCUT2D eigenvalue weighted by molar-refractivity contribution is 7.10. The van der Waals surface area contributed by atoms with Crippen LogP contribution in [0.5, 0.6) is 0 Å². The zero-order valence-corrected chi connectivity index (χ0v) is 14.1. The first-order valence-corrected chi connectivity index (χ1v) is 9.11. The molecule has 1 aliphatic heterocycles. The van der Waals surface area contributed by atoms with Crippen molar-refractivity contribution < 1.29 is 9.47 Å². The first kappa shape index (κ1) is 15.7. The van der Waals surface area contributed by atoms with E-state index in [4.69, 9.17) is 9.47 Å². The van der Waals surface area contributed by atoms with Crippen LogP contribution in [0, 0.1) is 0 Å². The molecule has 2 atom stereocenters. The standard InChI is InChI=1S/C18H20O2S2/c1-13-9-15(17-5-3-7-21-17)20-12-14(2)10-16(19-11-13)18-6-4-8-22-18/h3-8,15-16H,1-2,9-12H2/t15-,16+. The van der Waals surface area contributed by atoms with Gasteiger partial charge in [-0.05, 0) is 34.0 Å². The van der Waals surface area contributed by atoms with Crippen LogP contribution in [0.4, 0.5) is 0 Å². The molecule has 0 bridgehead atoms. The molecule has 4 heteroatoms. The van der Waals surface area contributed by atoms with Crippen molar-refractivity contribution >= 4 is 22.7 Å². The summed E-state index contributed by atoms with van der Waals surface area (Å²) in [6.45, 7) is 9.47. The van der Waals surface area contributed by atoms with Crippen molar-refractivity contribution in [3.05, 3.63) is 69.1 Å². The predicted octanol–water partition coefficient (Wildman–Crippen LogP) is 5.53. The summed E-state index contributed by atoms with van der Waals surface area (Å²) in [5, 5.41) is 4.16. The van der Waals surface area contributed by atoms with E-state index in [2.05, 4.69) is 48.2 Å². The van der Waals surface area contributed by atoms with Crippen LogP contribution in [0.3, 0.4) is 0 Å². The third-order valence-electron chi connectivity index (χ3n) is 3.65. The Balaban J connectivity index is 1.72. The molecule has 1 saturated heterocycles. The lowest BCUT2D eigenvalue weighted by molar-refractivity contribution is 0.0321. The quantitative estimate of drug-likeness (QED) is 0.673. The molecule has 22 heavy (non-hydrogen) atoms. The van der Waals surface area contributed by atoms with E-state index in [1.54, 1.807) is 22.7 Å². The molecule has 2 aromatic rings. The lowest BCUT2D eigenvalue weighted by Gasteiger charge is -2.25. The summed E-state index contributed by atoms with van der Waals surface area (Å²) in [5.74, 6) is 0. The number of thiophene rings is 2. The van der Waals surface area contributed by atoms with Crippen molar-refractivity contribution in [3.63, 3.8) is 0 Å². The molecular formula is C18H20O2S2. The van der Waals surface area contributed by atoms with Crippen molar-refractivity contribution in [2.45, 2.75) is 25.0 Å². The second kappa shape index (κ2) is 7.38. The molecule has 0 aliphatic carbocycles. The van der Waals surface area contributed by atoms with E-state index in [9.17, 15) is 0 Å². The van der Waals surface area contributed by atoms with Gasteiger partial charge in [0.25, 0.3) is 0 Å². The largest absolute Gasteiger partial charge is 0.368 e. The maximum atomic E-state index is 6.11. The Morgan fingerprint density at radius 1 is 0.818 bits per heavy atom. The summed E-state index contributed by atoms with van der Waals surface area (Å²) in [5.41, 5.74) is 2.15. The van der Waals surface area contributed by atoms with Gasteiger partial charge in [-0.15, -0.1) is 22.7 Å². The summed E-state index contributed by atoms with van der Waals surface area (Å²) in [7, 11) is 0. The Morgan fingerprint density at radius 3 is 1.64 bits per heavy atom. The van der Waals surface area contributed by atoms with Crippen LogP contribution in [0.1, 0.15) is 34.8 Å². The van der Waals surface area contributed by atoms with Crippen LogP contribution in [-0.2, 0) is 9.47 Å². The summed E-state index contributed by atoms with van der Waals surface area (Å²) >= 11 is 3.45. The van der Waals surface area contributed by atoms with Gasteiger partial charge < -0.3 is 9.47 Å². The normalized spacial score (nSPS) is 24.4. The van der Waals surface area contributed by atoms with Crippen molar-refractivity contribution in [2.24, 2.45) is 0 Å². The number of rotatable bonds is 2. The van der Waals surface area contributed by atoms with Gasteiger partial charge in [0.2, 0.25) is 0 Å². The van der Waals surface area contributed by atoms with Crippen molar-refractivity contribution in [1.82, 2.24) is 0 Å². The van der Waals surface area contributed by atoms with Crippen molar-refractivity contribution in [3.8, 4) is 0 Å². The number of hydrogen-bond acceptors (Lipinski definition) is 4. The van der Waals surface area contributed by atoms with Gasteiger partial charge in [0.1, 0.15) is 0 Å². The second-order valence-corrected chi connectivity index (χ2v) is 7.50. The molecule has 0 aromatic carbocycles. The van der Waals surface area contributed by atoms with E-state index >= 15 is 0 Å². The second-order valence-electron chi connectivity index (χ2n) is 5.54. The molecule has 0 saturated carbocycles. The van der Waals surface area contributed by atoms with Crippen molar-refractivity contribution in [2.75, 3.05) is 13.2 Å². The maximum Gasteiger partial charge on any atom is 0.0958 e. The first-order chi connectivity index (χ1) is 10.7. The molecule has 1 aliphatic rings. The maximum absolute atomic E-state index is 6.11.